The molecule has 1 heterocycles. The third-order valence-electron chi connectivity index (χ3n) is 2.19. The van der Waals surface area contributed by atoms with Gasteiger partial charge < -0.3 is 10.1 Å². The molecule has 1 saturated heterocycles. The number of nitrogens with two attached hydrogens (primary N) is 1. The highest BCUT2D eigenvalue weighted by Crippen LogP contribution is 2.11. The molecule has 3 N–H and O–H groups in total. The predicted molar refractivity (Wildman–Crippen MR) is 58.3 cm³/mol. The maximum absolute atomic E-state index is 11.7. The van der Waals surface area contributed by atoms with Gasteiger partial charge in [-0.25, -0.2) is 10.6 Å². The van der Waals surface area contributed by atoms with E-state index in [0.717, 1.165) is 13.0 Å². The third kappa shape index (κ3) is 3.46. The number of rotatable bonds is 1. The van der Waals surface area contributed by atoms with Crippen molar-refractivity contribution in [2.75, 3.05) is 6.54 Å². The summed E-state index contributed by atoms with van der Waals surface area (Å²) in [6.45, 7) is 5.93. The van der Waals surface area contributed by atoms with Crippen LogP contribution in [0.15, 0.2) is 0 Å². The Morgan fingerprint density at radius 1 is 1.44 bits per heavy atom. The Morgan fingerprint density at radius 3 is 2.50 bits per heavy atom. The first-order valence-corrected chi connectivity index (χ1v) is 5.36. The van der Waals surface area contributed by atoms with Gasteiger partial charge in [0.25, 0.3) is 5.91 Å². The Kier molecular flexibility index (Phi) is 3.88. The van der Waals surface area contributed by atoms with Crippen LogP contribution in [0.1, 0.15) is 33.6 Å². The summed E-state index contributed by atoms with van der Waals surface area (Å²) in [4.78, 5) is 23.2. The number of imide groups is 1. The number of nitrogens with one attached hydrogen (secondary N) is 1. The normalized spacial score (nSPS) is 20.6. The average Bonchev–Trinajstić information content (AvgIpc) is 2.65. The molecule has 0 aromatic carbocycles. The van der Waals surface area contributed by atoms with Crippen molar-refractivity contribution >= 4 is 12.0 Å². The molecule has 0 aromatic heterocycles. The Labute approximate surface area is 95.1 Å². The lowest BCUT2D eigenvalue weighted by molar-refractivity contribution is -0.132. The molecule has 92 valence electrons. The Hall–Kier alpha value is -1.14. The summed E-state index contributed by atoms with van der Waals surface area (Å²) in [5.74, 6) is 4.98. The van der Waals surface area contributed by atoms with Crippen LogP contribution in [-0.2, 0) is 9.53 Å². The highest BCUT2D eigenvalue weighted by molar-refractivity contribution is 5.94. The summed E-state index contributed by atoms with van der Waals surface area (Å²) in [7, 11) is 0. The van der Waals surface area contributed by atoms with Crippen LogP contribution >= 0.6 is 0 Å². The fourth-order valence-corrected chi connectivity index (χ4v) is 1.46. The van der Waals surface area contributed by atoms with Crippen molar-refractivity contribution in [3.05, 3.63) is 0 Å². The molecule has 0 spiro atoms. The predicted octanol–water partition coefficient (Wildman–Crippen LogP) is 0.376. The molecule has 16 heavy (non-hydrogen) atoms. The second-order valence-electron chi connectivity index (χ2n) is 4.84. The number of hydrazine groups is 1. The molecule has 1 rings (SSSR count). The van der Waals surface area contributed by atoms with Crippen LogP contribution < -0.4 is 11.2 Å². The number of hydrogen-bond acceptors (Lipinski definition) is 5. The van der Waals surface area contributed by atoms with E-state index in [1.807, 2.05) is 0 Å². The van der Waals surface area contributed by atoms with Gasteiger partial charge in [-0.2, -0.15) is 5.01 Å². The van der Waals surface area contributed by atoms with E-state index in [0.29, 0.717) is 11.4 Å². The van der Waals surface area contributed by atoms with Crippen LogP contribution in [-0.4, -0.2) is 35.2 Å². The highest BCUT2D eigenvalue weighted by Gasteiger charge is 2.31. The van der Waals surface area contributed by atoms with Crippen molar-refractivity contribution in [1.82, 2.24) is 10.3 Å². The molecule has 0 bridgehead atoms. The fraction of sp³-hybridized carbons (Fsp3) is 0.800. The van der Waals surface area contributed by atoms with Crippen molar-refractivity contribution in [3.8, 4) is 0 Å². The summed E-state index contributed by atoms with van der Waals surface area (Å²) in [6, 6.07) is -0.363. The number of ether oxygens (including phenoxy) is 1. The minimum Gasteiger partial charge on any atom is -0.442 e. The van der Waals surface area contributed by atoms with Crippen LogP contribution in [0, 0.1) is 0 Å². The zero-order valence-electron chi connectivity index (χ0n) is 9.95. The standard InChI is InChI=1S/C10H19N3O3/c1-10(2,3)16-9(15)13(11)8(14)7-5-4-6-12-7/h7,12H,4-6,11H2,1-3H3/t7-/m0/s1. The first-order chi connectivity index (χ1) is 7.31. The highest BCUT2D eigenvalue weighted by atomic mass is 16.6. The van der Waals surface area contributed by atoms with E-state index in [-0.39, 0.29) is 6.04 Å². The number of carbonyl (C=O) groups excluding carboxylic acids is 2. The molecule has 0 aromatic rings. The second kappa shape index (κ2) is 4.80. The molecule has 2 amide bonds. The lowest BCUT2D eigenvalue weighted by atomic mass is 10.2. The molecular formula is C10H19N3O3. The number of amides is 2. The molecule has 0 radical (unpaired) electrons. The van der Waals surface area contributed by atoms with Crippen LogP contribution in [0.25, 0.3) is 0 Å². The lowest BCUT2D eigenvalue weighted by Crippen LogP contribution is -2.51. The second-order valence-corrected chi connectivity index (χ2v) is 4.84. The molecule has 6 nitrogen and oxygen atoms in total. The quantitative estimate of drug-likeness (QED) is 0.385. The maximum atomic E-state index is 11.7. The van der Waals surface area contributed by atoms with Gasteiger partial charge in [-0.05, 0) is 40.2 Å². The molecule has 6 heteroatoms. The zero-order valence-corrected chi connectivity index (χ0v) is 9.95. The van der Waals surface area contributed by atoms with E-state index in [1.54, 1.807) is 20.8 Å². The average molecular weight is 229 g/mol. The van der Waals surface area contributed by atoms with Crippen molar-refractivity contribution in [3.63, 3.8) is 0 Å². The largest absolute Gasteiger partial charge is 0.442 e. The van der Waals surface area contributed by atoms with E-state index < -0.39 is 17.6 Å². The topological polar surface area (TPSA) is 84.7 Å². The SMILES string of the molecule is CC(C)(C)OC(=O)N(N)C(=O)[C@@H]1CCCN1. The zero-order chi connectivity index (χ0) is 12.3. The summed E-state index contributed by atoms with van der Waals surface area (Å²) in [5, 5.41) is 3.53. The molecule has 0 saturated carbocycles. The van der Waals surface area contributed by atoms with E-state index >= 15 is 0 Å². The number of carbonyl (C=O) groups is 2. The smallest absolute Gasteiger partial charge is 0.431 e. The van der Waals surface area contributed by atoms with Crippen molar-refractivity contribution in [2.45, 2.75) is 45.3 Å². The van der Waals surface area contributed by atoms with Crippen molar-refractivity contribution in [2.24, 2.45) is 5.84 Å². The van der Waals surface area contributed by atoms with Crippen LogP contribution in [0.4, 0.5) is 4.79 Å². The molecule has 1 atom stereocenters. The molecule has 0 aliphatic carbocycles. The number of nitrogens with zero attached hydrogens (tertiary/aromatic N) is 1. The maximum Gasteiger partial charge on any atom is 0.431 e. The minimum atomic E-state index is -0.814. The molecule has 0 unspecified atom stereocenters. The van der Waals surface area contributed by atoms with Crippen LogP contribution in [0.5, 0.6) is 0 Å². The van der Waals surface area contributed by atoms with Gasteiger partial charge in [0.2, 0.25) is 0 Å². The van der Waals surface area contributed by atoms with Crippen LogP contribution in [0.3, 0.4) is 0 Å². The van der Waals surface area contributed by atoms with Crippen LogP contribution in [0.2, 0.25) is 0 Å². The van der Waals surface area contributed by atoms with Gasteiger partial charge in [-0.15, -0.1) is 0 Å². The number of hydrogen-bond donors (Lipinski definition) is 2. The summed E-state index contributed by atoms with van der Waals surface area (Å²) in [5.41, 5.74) is -0.655. The van der Waals surface area contributed by atoms with Gasteiger partial charge in [-0.1, -0.05) is 0 Å². The summed E-state index contributed by atoms with van der Waals surface area (Å²) in [6.07, 6.45) is 0.805. The summed E-state index contributed by atoms with van der Waals surface area (Å²) < 4.78 is 4.99. The van der Waals surface area contributed by atoms with Crippen molar-refractivity contribution in [1.29, 1.82) is 0 Å². The first kappa shape index (κ1) is 12.9. The minimum absolute atomic E-state index is 0.363. The third-order valence-corrected chi connectivity index (χ3v) is 2.19. The van der Waals surface area contributed by atoms with Gasteiger partial charge in [0.15, 0.2) is 0 Å². The van der Waals surface area contributed by atoms with Crippen molar-refractivity contribution < 1.29 is 14.3 Å². The molecular weight excluding hydrogens is 210 g/mol. The monoisotopic (exact) mass is 229 g/mol. The van der Waals surface area contributed by atoms with Gasteiger partial charge in [0.1, 0.15) is 5.60 Å². The fourth-order valence-electron chi connectivity index (χ4n) is 1.46. The van der Waals surface area contributed by atoms with Gasteiger partial charge >= 0.3 is 6.09 Å². The first-order valence-electron chi connectivity index (χ1n) is 5.36. The lowest BCUT2D eigenvalue weighted by Gasteiger charge is -2.24. The van der Waals surface area contributed by atoms with Gasteiger partial charge in [-0.3, -0.25) is 4.79 Å². The molecule has 1 aliphatic rings. The van der Waals surface area contributed by atoms with E-state index in [1.165, 1.54) is 0 Å². The van der Waals surface area contributed by atoms with E-state index in [4.69, 9.17) is 10.6 Å². The molecule has 1 fully saturated rings. The Bertz CT molecular complexity index is 280. The van der Waals surface area contributed by atoms with Gasteiger partial charge in [0.05, 0.1) is 6.04 Å². The van der Waals surface area contributed by atoms with Gasteiger partial charge in [0, 0.05) is 0 Å². The Morgan fingerprint density at radius 2 is 2.06 bits per heavy atom. The molecule has 1 aliphatic heterocycles. The van der Waals surface area contributed by atoms with E-state index in [9.17, 15) is 9.59 Å². The Balaban J connectivity index is 2.52. The summed E-state index contributed by atoms with van der Waals surface area (Å²) >= 11 is 0. The van der Waals surface area contributed by atoms with E-state index in [2.05, 4.69) is 5.32 Å².